The van der Waals surface area contributed by atoms with Crippen LogP contribution in [0.4, 0.5) is 0 Å². The van der Waals surface area contributed by atoms with Crippen LogP contribution in [-0.2, 0) is 0 Å². The van der Waals surface area contributed by atoms with Crippen molar-refractivity contribution < 1.29 is 0 Å². The van der Waals surface area contributed by atoms with Crippen molar-refractivity contribution >= 4 is 11.8 Å². The second-order valence-corrected chi connectivity index (χ2v) is 3.65. The Morgan fingerprint density at radius 3 is 2.15 bits per heavy atom. The Labute approximate surface area is 86.5 Å². The third-order valence-electron chi connectivity index (χ3n) is 1.22. The van der Waals surface area contributed by atoms with Crippen molar-refractivity contribution in [1.82, 2.24) is 0 Å². The van der Waals surface area contributed by atoms with Crippen LogP contribution in [0.3, 0.4) is 0 Å². The second-order valence-electron chi connectivity index (χ2n) is 2.48. The largest absolute Gasteiger partial charge is 0.192 e. The van der Waals surface area contributed by atoms with Crippen LogP contribution >= 0.6 is 11.8 Å². The summed E-state index contributed by atoms with van der Waals surface area (Å²) in [5.74, 6) is 0.482. The number of rotatable bonds is 3. The van der Waals surface area contributed by atoms with Gasteiger partial charge in [0.1, 0.15) is 6.07 Å². The first-order valence-corrected chi connectivity index (χ1v) is 5.36. The molecule has 0 amide bonds. The molecule has 13 heavy (non-hydrogen) atoms. The molecule has 0 aromatic rings. The maximum absolute atomic E-state index is 8.46. The summed E-state index contributed by atoms with van der Waals surface area (Å²) in [6.45, 7) is 13.8. The van der Waals surface area contributed by atoms with E-state index in [2.05, 4.69) is 20.4 Å². The Hall–Kier alpha value is -0.680. The van der Waals surface area contributed by atoms with Gasteiger partial charge in [0.25, 0.3) is 0 Å². The summed E-state index contributed by atoms with van der Waals surface area (Å²) in [5, 5.41) is 8.46. The molecule has 0 aliphatic carbocycles. The van der Waals surface area contributed by atoms with Crippen molar-refractivity contribution in [3.63, 3.8) is 0 Å². The molecule has 0 N–H and O–H groups in total. The van der Waals surface area contributed by atoms with E-state index in [0.717, 1.165) is 0 Å². The Balaban J connectivity index is 0. The van der Waals surface area contributed by atoms with E-state index in [-0.39, 0.29) is 0 Å². The lowest BCUT2D eigenvalue weighted by molar-refractivity contribution is 0.815. The van der Waals surface area contributed by atoms with Crippen LogP contribution in [0.2, 0.25) is 0 Å². The maximum atomic E-state index is 8.46. The van der Waals surface area contributed by atoms with Crippen molar-refractivity contribution in [2.75, 3.05) is 0 Å². The van der Waals surface area contributed by atoms with E-state index in [1.807, 2.05) is 32.9 Å². The van der Waals surface area contributed by atoms with E-state index >= 15 is 0 Å². The van der Waals surface area contributed by atoms with E-state index in [1.165, 1.54) is 16.7 Å². The number of hydrogen-bond acceptors (Lipinski definition) is 2. The van der Waals surface area contributed by atoms with Gasteiger partial charge in [-0.1, -0.05) is 52.1 Å². The topological polar surface area (TPSA) is 23.8 Å². The van der Waals surface area contributed by atoms with Crippen LogP contribution in [0.5, 0.6) is 0 Å². The number of allylic oxidation sites excluding steroid dienone is 3. The van der Waals surface area contributed by atoms with Crippen LogP contribution in [0.25, 0.3) is 0 Å². The summed E-state index contributed by atoms with van der Waals surface area (Å²) in [6, 6.07) is 2.01. The molecular weight excluding hydrogens is 178 g/mol. The molecule has 0 saturated heterocycles. The molecule has 0 fully saturated rings. The standard InChI is InChI=1S/C9H13NS.C2H6/c1-5-9(7(2)3)11-8(4)6-10;1-2/h5,7H,4H2,1-3H3;1-2H3/b9-5-;. The number of hydrogen-bond donors (Lipinski definition) is 0. The van der Waals surface area contributed by atoms with E-state index < -0.39 is 0 Å². The average molecular weight is 197 g/mol. The first kappa shape index (κ1) is 14.8. The van der Waals surface area contributed by atoms with Gasteiger partial charge in [-0.2, -0.15) is 5.26 Å². The number of nitrogens with zero attached hydrogens (tertiary/aromatic N) is 1. The quantitative estimate of drug-likeness (QED) is 0.628. The highest BCUT2D eigenvalue weighted by Gasteiger charge is 2.03. The SMILES string of the molecule is C=C(C#N)S/C(=C\C)C(C)C.CC. The summed E-state index contributed by atoms with van der Waals surface area (Å²) < 4.78 is 0. The lowest BCUT2D eigenvalue weighted by Gasteiger charge is -2.07. The highest BCUT2D eigenvalue weighted by atomic mass is 32.2. The van der Waals surface area contributed by atoms with Crippen LogP contribution in [0.15, 0.2) is 22.5 Å². The summed E-state index contributed by atoms with van der Waals surface area (Å²) in [6.07, 6.45) is 2.03. The zero-order valence-electron chi connectivity index (χ0n) is 9.22. The van der Waals surface area contributed by atoms with E-state index in [9.17, 15) is 0 Å². The first-order valence-electron chi connectivity index (χ1n) is 4.54. The van der Waals surface area contributed by atoms with Gasteiger partial charge >= 0.3 is 0 Å². The van der Waals surface area contributed by atoms with Gasteiger partial charge < -0.3 is 0 Å². The van der Waals surface area contributed by atoms with Crippen molar-refractivity contribution in [3.05, 3.63) is 22.5 Å². The zero-order chi connectivity index (χ0) is 10.9. The summed E-state index contributed by atoms with van der Waals surface area (Å²) in [5.41, 5.74) is 0. The predicted molar refractivity (Wildman–Crippen MR) is 62.3 cm³/mol. The normalized spacial score (nSPS) is 10.1. The van der Waals surface area contributed by atoms with Crippen LogP contribution < -0.4 is 0 Å². The van der Waals surface area contributed by atoms with Crippen molar-refractivity contribution in [2.24, 2.45) is 5.92 Å². The van der Waals surface area contributed by atoms with Crippen molar-refractivity contribution in [1.29, 1.82) is 5.26 Å². The van der Waals surface area contributed by atoms with Crippen molar-refractivity contribution in [3.8, 4) is 6.07 Å². The molecule has 0 saturated carbocycles. The lowest BCUT2D eigenvalue weighted by Crippen LogP contribution is -1.88. The fourth-order valence-electron chi connectivity index (χ4n) is 0.675. The highest BCUT2D eigenvalue weighted by molar-refractivity contribution is 8.07. The molecule has 74 valence electrons. The van der Waals surface area contributed by atoms with Gasteiger partial charge in [0.15, 0.2) is 0 Å². The van der Waals surface area contributed by atoms with Gasteiger partial charge in [-0.05, 0) is 17.7 Å². The molecular formula is C11H19NS. The minimum atomic E-state index is 0.482. The zero-order valence-corrected chi connectivity index (χ0v) is 10.0. The Morgan fingerprint density at radius 1 is 1.46 bits per heavy atom. The van der Waals surface area contributed by atoms with Gasteiger partial charge in [-0.3, -0.25) is 0 Å². The summed E-state index contributed by atoms with van der Waals surface area (Å²) in [7, 11) is 0. The fourth-order valence-corrected chi connectivity index (χ4v) is 1.36. The highest BCUT2D eigenvalue weighted by Crippen LogP contribution is 2.28. The van der Waals surface area contributed by atoms with Gasteiger partial charge in [0.05, 0.1) is 4.91 Å². The molecule has 0 heterocycles. The third kappa shape index (κ3) is 7.67. The average Bonchev–Trinajstić information content (AvgIpc) is 2.16. The van der Waals surface area contributed by atoms with Crippen LogP contribution in [0, 0.1) is 17.2 Å². The monoisotopic (exact) mass is 197 g/mol. The lowest BCUT2D eigenvalue weighted by atomic mass is 10.2. The fraction of sp³-hybridized carbons (Fsp3) is 0.545. The summed E-state index contributed by atoms with van der Waals surface area (Å²) >= 11 is 1.46. The third-order valence-corrected chi connectivity index (χ3v) is 2.50. The van der Waals surface area contributed by atoms with Crippen LogP contribution in [0.1, 0.15) is 34.6 Å². The van der Waals surface area contributed by atoms with E-state index in [1.54, 1.807) is 0 Å². The maximum Gasteiger partial charge on any atom is 0.106 e. The van der Waals surface area contributed by atoms with Gasteiger partial charge in [-0.25, -0.2) is 0 Å². The molecule has 0 unspecified atom stereocenters. The second kappa shape index (κ2) is 9.41. The Morgan fingerprint density at radius 2 is 1.92 bits per heavy atom. The van der Waals surface area contributed by atoms with Crippen LogP contribution in [-0.4, -0.2) is 0 Å². The van der Waals surface area contributed by atoms with Gasteiger partial charge in [0.2, 0.25) is 0 Å². The molecule has 2 heteroatoms. The molecule has 1 nitrogen and oxygen atoms in total. The Bertz CT molecular complexity index is 209. The molecule has 0 aliphatic rings. The number of nitriles is 1. The molecule has 0 atom stereocenters. The minimum Gasteiger partial charge on any atom is -0.192 e. The van der Waals surface area contributed by atoms with E-state index in [4.69, 9.17) is 5.26 Å². The molecule has 0 rings (SSSR count). The molecule has 0 aromatic carbocycles. The smallest absolute Gasteiger partial charge is 0.106 e. The predicted octanol–water partition coefficient (Wildman–Crippen LogP) is 4.34. The van der Waals surface area contributed by atoms with Gasteiger partial charge in [0, 0.05) is 0 Å². The molecule has 0 aromatic heterocycles. The molecule has 0 spiro atoms. The molecule has 0 bridgehead atoms. The molecule has 0 radical (unpaired) electrons. The van der Waals surface area contributed by atoms with Gasteiger partial charge in [-0.15, -0.1) is 0 Å². The van der Waals surface area contributed by atoms with Crippen molar-refractivity contribution in [2.45, 2.75) is 34.6 Å². The number of thioether (sulfide) groups is 1. The van der Waals surface area contributed by atoms with E-state index in [0.29, 0.717) is 10.8 Å². The Kier molecular flexibility index (Phi) is 10.7. The minimum absolute atomic E-state index is 0.482. The molecule has 0 aliphatic heterocycles. The first-order chi connectivity index (χ1) is 6.11. The summed E-state index contributed by atoms with van der Waals surface area (Å²) in [4.78, 5) is 1.77.